The fourth-order valence-corrected chi connectivity index (χ4v) is 1.41. The Kier molecular flexibility index (Phi) is 3.22. The lowest BCUT2D eigenvalue weighted by Gasteiger charge is -2.06. The summed E-state index contributed by atoms with van der Waals surface area (Å²) in [5.41, 5.74) is 1.03. The third kappa shape index (κ3) is 2.61. The van der Waals surface area contributed by atoms with Gasteiger partial charge in [0.2, 0.25) is 0 Å². The predicted octanol–water partition coefficient (Wildman–Crippen LogP) is 2.45. The van der Waals surface area contributed by atoms with Crippen LogP contribution in [0.4, 0.5) is 5.82 Å². The van der Waals surface area contributed by atoms with Crippen LogP contribution in [0, 0.1) is 0 Å². The molecule has 2 aromatic rings. The van der Waals surface area contributed by atoms with Crippen LogP contribution in [0.2, 0.25) is 5.02 Å². The maximum absolute atomic E-state index is 9.12. The van der Waals surface area contributed by atoms with Crippen molar-refractivity contribution in [2.24, 2.45) is 0 Å². The van der Waals surface area contributed by atoms with Gasteiger partial charge in [-0.05, 0) is 17.7 Å². The van der Waals surface area contributed by atoms with Crippen LogP contribution in [0.25, 0.3) is 0 Å². The van der Waals surface area contributed by atoms with Gasteiger partial charge in [-0.25, -0.2) is 9.97 Å². The molecule has 0 radical (unpaired) electrons. The zero-order chi connectivity index (χ0) is 11.4. The highest BCUT2D eigenvalue weighted by Crippen LogP contribution is 2.17. The van der Waals surface area contributed by atoms with Crippen molar-refractivity contribution < 1.29 is 5.11 Å². The molecule has 0 atom stereocenters. The maximum Gasteiger partial charge on any atom is 0.148 e. The van der Waals surface area contributed by atoms with Gasteiger partial charge in [-0.3, -0.25) is 0 Å². The quantitative estimate of drug-likeness (QED) is 0.858. The van der Waals surface area contributed by atoms with E-state index in [1.165, 1.54) is 12.5 Å². The molecule has 0 bridgehead atoms. The van der Waals surface area contributed by atoms with Gasteiger partial charge in [0.1, 0.15) is 22.9 Å². The molecule has 0 aliphatic heterocycles. The minimum atomic E-state index is 0.254. The first-order valence-electron chi connectivity index (χ1n) is 4.73. The summed E-state index contributed by atoms with van der Waals surface area (Å²) in [5.74, 6) is 0.855. The van der Waals surface area contributed by atoms with Gasteiger partial charge in [-0.1, -0.05) is 23.7 Å². The van der Waals surface area contributed by atoms with E-state index >= 15 is 0 Å². The van der Waals surface area contributed by atoms with Crippen molar-refractivity contribution in [1.82, 2.24) is 9.97 Å². The van der Waals surface area contributed by atoms with E-state index in [9.17, 15) is 0 Å². The van der Waals surface area contributed by atoms with Gasteiger partial charge in [-0.2, -0.15) is 0 Å². The second-order valence-electron chi connectivity index (χ2n) is 3.24. The zero-order valence-electron chi connectivity index (χ0n) is 8.39. The number of hydrogen-bond acceptors (Lipinski definition) is 4. The molecule has 0 aliphatic carbocycles. The van der Waals surface area contributed by atoms with Crippen LogP contribution in [0.3, 0.4) is 0 Å². The topological polar surface area (TPSA) is 58.0 Å². The lowest BCUT2D eigenvalue weighted by molar-refractivity contribution is 0.475. The first-order valence-corrected chi connectivity index (χ1v) is 5.11. The summed E-state index contributed by atoms with van der Waals surface area (Å²) in [6.45, 7) is 0.594. The van der Waals surface area contributed by atoms with Gasteiger partial charge < -0.3 is 10.4 Å². The van der Waals surface area contributed by atoms with Gasteiger partial charge in [-0.15, -0.1) is 0 Å². The number of phenolic OH excluding ortho intramolecular Hbond substituents is 1. The number of phenols is 1. The Balaban J connectivity index is 2.02. The van der Waals surface area contributed by atoms with Crippen molar-refractivity contribution in [3.8, 4) is 5.75 Å². The molecule has 1 aromatic carbocycles. The van der Waals surface area contributed by atoms with Gasteiger partial charge >= 0.3 is 0 Å². The van der Waals surface area contributed by atoms with Crippen molar-refractivity contribution in [1.29, 1.82) is 0 Å². The SMILES string of the molecule is Oc1ccc(CNc2ncncc2Cl)cc1. The summed E-state index contributed by atoms with van der Waals surface area (Å²) in [6.07, 6.45) is 2.97. The van der Waals surface area contributed by atoms with E-state index in [0.717, 1.165) is 5.56 Å². The van der Waals surface area contributed by atoms with E-state index in [0.29, 0.717) is 17.4 Å². The average Bonchev–Trinajstić information content (AvgIpc) is 2.30. The largest absolute Gasteiger partial charge is 0.508 e. The number of aromatic nitrogens is 2. The Hall–Kier alpha value is -1.81. The summed E-state index contributed by atoms with van der Waals surface area (Å²) in [7, 11) is 0. The lowest BCUT2D eigenvalue weighted by atomic mass is 10.2. The highest BCUT2D eigenvalue weighted by atomic mass is 35.5. The first kappa shape index (κ1) is 10.7. The van der Waals surface area contributed by atoms with E-state index < -0.39 is 0 Å². The number of nitrogens with one attached hydrogen (secondary N) is 1. The van der Waals surface area contributed by atoms with Gasteiger partial charge in [0, 0.05) is 6.54 Å². The number of hydrogen-bond donors (Lipinski definition) is 2. The van der Waals surface area contributed by atoms with Crippen LogP contribution in [0.15, 0.2) is 36.8 Å². The van der Waals surface area contributed by atoms with Crippen LogP contribution in [0.1, 0.15) is 5.56 Å². The molecule has 2 rings (SSSR count). The fraction of sp³-hybridized carbons (Fsp3) is 0.0909. The highest BCUT2D eigenvalue weighted by Gasteiger charge is 2.00. The molecule has 2 N–H and O–H groups in total. The van der Waals surface area contributed by atoms with Crippen LogP contribution in [0.5, 0.6) is 5.75 Å². The molecule has 1 aromatic heterocycles. The summed E-state index contributed by atoms with van der Waals surface area (Å²) in [4.78, 5) is 7.80. The maximum atomic E-state index is 9.12. The van der Waals surface area contributed by atoms with E-state index in [2.05, 4.69) is 15.3 Å². The molecule has 0 amide bonds. The summed E-state index contributed by atoms with van der Waals surface area (Å²) >= 11 is 5.89. The van der Waals surface area contributed by atoms with Crippen molar-refractivity contribution in [2.45, 2.75) is 6.54 Å². The normalized spacial score (nSPS) is 10.1. The molecule has 0 aliphatic rings. The molecular formula is C11H10ClN3O. The Morgan fingerprint density at radius 3 is 2.69 bits per heavy atom. The van der Waals surface area contributed by atoms with Crippen LogP contribution >= 0.6 is 11.6 Å². The van der Waals surface area contributed by atoms with E-state index in [1.807, 2.05) is 12.1 Å². The van der Waals surface area contributed by atoms with E-state index in [-0.39, 0.29) is 5.75 Å². The minimum Gasteiger partial charge on any atom is -0.508 e. The molecule has 82 valence electrons. The second kappa shape index (κ2) is 4.81. The number of anilines is 1. The Labute approximate surface area is 97.9 Å². The number of halogens is 1. The van der Waals surface area contributed by atoms with Gasteiger partial charge in [0.15, 0.2) is 0 Å². The smallest absolute Gasteiger partial charge is 0.148 e. The highest BCUT2D eigenvalue weighted by molar-refractivity contribution is 6.32. The van der Waals surface area contributed by atoms with Gasteiger partial charge in [0.05, 0.1) is 6.20 Å². The predicted molar refractivity (Wildman–Crippen MR) is 62.5 cm³/mol. The molecular weight excluding hydrogens is 226 g/mol. The first-order chi connectivity index (χ1) is 7.75. The molecule has 1 heterocycles. The molecule has 16 heavy (non-hydrogen) atoms. The van der Waals surface area contributed by atoms with Gasteiger partial charge in [0.25, 0.3) is 0 Å². The van der Waals surface area contributed by atoms with Crippen LogP contribution in [-0.2, 0) is 6.54 Å². The average molecular weight is 236 g/mol. The van der Waals surface area contributed by atoms with Crippen LogP contribution in [-0.4, -0.2) is 15.1 Å². The van der Waals surface area contributed by atoms with Crippen molar-refractivity contribution >= 4 is 17.4 Å². The van der Waals surface area contributed by atoms with Crippen LogP contribution < -0.4 is 5.32 Å². The number of rotatable bonds is 3. The summed E-state index contributed by atoms with van der Waals surface area (Å²) in [6, 6.07) is 6.94. The molecule has 5 heteroatoms. The van der Waals surface area contributed by atoms with E-state index in [1.54, 1.807) is 12.1 Å². The fourth-order valence-electron chi connectivity index (χ4n) is 1.24. The third-order valence-corrected chi connectivity index (χ3v) is 2.34. The molecule has 0 unspecified atom stereocenters. The molecule has 0 fully saturated rings. The Bertz CT molecular complexity index is 473. The van der Waals surface area contributed by atoms with Crippen molar-refractivity contribution in [3.63, 3.8) is 0 Å². The molecule has 0 spiro atoms. The Morgan fingerprint density at radius 2 is 2.00 bits per heavy atom. The molecule has 4 nitrogen and oxygen atoms in total. The minimum absolute atomic E-state index is 0.254. The van der Waals surface area contributed by atoms with E-state index in [4.69, 9.17) is 16.7 Å². The standard InChI is InChI=1S/C11H10ClN3O/c12-10-6-13-7-15-11(10)14-5-8-1-3-9(16)4-2-8/h1-4,6-7,16H,5H2,(H,13,14,15). The Morgan fingerprint density at radius 1 is 1.25 bits per heavy atom. The molecule has 0 saturated carbocycles. The summed E-state index contributed by atoms with van der Waals surface area (Å²) in [5, 5.41) is 12.7. The monoisotopic (exact) mass is 235 g/mol. The second-order valence-corrected chi connectivity index (χ2v) is 3.65. The number of aromatic hydroxyl groups is 1. The summed E-state index contributed by atoms with van der Waals surface area (Å²) < 4.78 is 0. The number of benzene rings is 1. The zero-order valence-corrected chi connectivity index (χ0v) is 9.15. The number of nitrogens with zero attached hydrogens (tertiary/aromatic N) is 2. The third-order valence-electron chi connectivity index (χ3n) is 2.06. The molecule has 0 saturated heterocycles. The van der Waals surface area contributed by atoms with Crippen molar-refractivity contribution in [3.05, 3.63) is 47.4 Å². The van der Waals surface area contributed by atoms with Crippen molar-refractivity contribution in [2.75, 3.05) is 5.32 Å². The lowest BCUT2D eigenvalue weighted by Crippen LogP contribution is -2.01.